The number of benzene rings is 1. The van der Waals surface area contributed by atoms with Gasteiger partial charge in [-0.05, 0) is 19.1 Å². The minimum atomic E-state index is -0.452. The van der Waals surface area contributed by atoms with Gasteiger partial charge in [-0.3, -0.25) is 14.6 Å². The van der Waals surface area contributed by atoms with E-state index in [9.17, 15) is 9.59 Å². The molecule has 0 saturated heterocycles. The number of aryl methyl sites for hydroxylation is 1. The lowest BCUT2D eigenvalue weighted by Gasteiger charge is -2.08. The first-order valence-corrected chi connectivity index (χ1v) is 6.85. The molecule has 0 unspecified atom stereocenters. The number of nitriles is 1. The number of ketones is 1. The van der Waals surface area contributed by atoms with E-state index in [1.807, 2.05) is 25.1 Å². The Morgan fingerprint density at radius 3 is 2.64 bits per heavy atom. The van der Waals surface area contributed by atoms with Crippen LogP contribution in [-0.4, -0.2) is 23.2 Å². The zero-order valence-electron chi connectivity index (χ0n) is 12.2. The lowest BCUT2D eigenvalue weighted by molar-refractivity contribution is 0.0937. The van der Waals surface area contributed by atoms with E-state index in [0.29, 0.717) is 5.56 Å². The van der Waals surface area contributed by atoms with Gasteiger partial charge in [-0.25, -0.2) is 0 Å². The maximum atomic E-state index is 12.5. The summed E-state index contributed by atoms with van der Waals surface area (Å²) in [6, 6.07) is 12.3. The molecule has 2 rings (SSSR count). The Bertz CT molecular complexity index is 730. The van der Waals surface area contributed by atoms with Gasteiger partial charge in [0.1, 0.15) is 5.69 Å². The largest absolute Gasteiger partial charge is 0.350 e. The van der Waals surface area contributed by atoms with Crippen molar-refractivity contribution < 1.29 is 9.59 Å². The van der Waals surface area contributed by atoms with Crippen LogP contribution < -0.4 is 5.32 Å². The molecule has 5 nitrogen and oxygen atoms in total. The maximum Gasteiger partial charge on any atom is 0.270 e. The van der Waals surface area contributed by atoms with Crippen molar-refractivity contribution in [3.8, 4) is 6.07 Å². The highest BCUT2D eigenvalue weighted by Gasteiger charge is 2.19. The van der Waals surface area contributed by atoms with Crippen molar-refractivity contribution in [2.75, 3.05) is 6.54 Å². The number of rotatable bonds is 5. The highest BCUT2D eigenvalue weighted by atomic mass is 16.2. The number of nitrogens with zero attached hydrogens (tertiary/aromatic N) is 2. The van der Waals surface area contributed by atoms with Gasteiger partial charge in [0, 0.05) is 18.3 Å². The van der Waals surface area contributed by atoms with Crippen molar-refractivity contribution in [3.63, 3.8) is 0 Å². The second kappa shape index (κ2) is 7.14. The maximum absolute atomic E-state index is 12.5. The zero-order chi connectivity index (χ0) is 15.9. The summed E-state index contributed by atoms with van der Waals surface area (Å²) in [7, 11) is 0. The predicted octanol–water partition coefficient (Wildman–Crippen LogP) is 2.26. The number of hydrogen-bond donors (Lipinski definition) is 1. The van der Waals surface area contributed by atoms with E-state index in [2.05, 4.69) is 10.3 Å². The van der Waals surface area contributed by atoms with Crippen molar-refractivity contribution in [1.29, 1.82) is 5.26 Å². The number of nitrogens with one attached hydrogen (secondary N) is 1. The second-order valence-corrected chi connectivity index (χ2v) is 4.76. The van der Waals surface area contributed by atoms with E-state index >= 15 is 0 Å². The molecule has 1 amide bonds. The van der Waals surface area contributed by atoms with E-state index in [0.717, 1.165) is 5.56 Å². The number of amides is 1. The van der Waals surface area contributed by atoms with E-state index in [-0.39, 0.29) is 30.0 Å². The van der Waals surface area contributed by atoms with Crippen LogP contribution in [-0.2, 0) is 0 Å². The van der Waals surface area contributed by atoms with Gasteiger partial charge in [-0.1, -0.05) is 29.8 Å². The minimum Gasteiger partial charge on any atom is -0.350 e. The predicted molar refractivity (Wildman–Crippen MR) is 81.4 cm³/mol. The summed E-state index contributed by atoms with van der Waals surface area (Å²) in [6.07, 6.45) is 1.67. The molecule has 0 aliphatic carbocycles. The van der Waals surface area contributed by atoms with Crippen LogP contribution in [0.25, 0.3) is 0 Å². The SMILES string of the molecule is Cc1ccc(C(=O)c2cccnc2C(=O)NCCC#N)cc1. The third-order valence-corrected chi connectivity index (χ3v) is 3.10. The Balaban J connectivity index is 2.28. The Hall–Kier alpha value is -3.00. The van der Waals surface area contributed by atoms with Crippen LogP contribution in [0.4, 0.5) is 0 Å². The molecule has 1 heterocycles. The molecule has 2 aromatic rings. The molecule has 110 valence electrons. The van der Waals surface area contributed by atoms with E-state index in [4.69, 9.17) is 5.26 Å². The molecule has 1 aromatic heterocycles. The quantitative estimate of drug-likeness (QED) is 0.677. The van der Waals surface area contributed by atoms with Gasteiger partial charge in [0.25, 0.3) is 5.91 Å². The molecule has 0 fully saturated rings. The first-order valence-electron chi connectivity index (χ1n) is 6.85. The van der Waals surface area contributed by atoms with Crippen LogP contribution in [0.2, 0.25) is 0 Å². The Morgan fingerprint density at radius 2 is 1.95 bits per heavy atom. The summed E-state index contributed by atoms with van der Waals surface area (Å²) in [5.41, 5.74) is 1.88. The Kier molecular flexibility index (Phi) is 4.99. The standard InChI is InChI=1S/C17H15N3O2/c1-12-5-7-13(8-6-12)16(21)14-4-2-10-19-15(14)17(22)20-11-3-9-18/h2,4-8,10H,3,11H2,1H3,(H,20,22). The van der Waals surface area contributed by atoms with Crippen molar-refractivity contribution >= 4 is 11.7 Å². The van der Waals surface area contributed by atoms with E-state index < -0.39 is 5.91 Å². The number of carbonyl (C=O) groups is 2. The Morgan fingerprint density at radius 1 is 1.23 bits per heavy atom. The highest BCUT2D eigenvalue weighted by Crippen LogP contribution is 2.13. The van der Waals surface area contributed by atoms with Gasteiger partial charge in [-0.15, -0.1) is 0 Å². The van der Waals surface area contributed by atoms with Gasteiger partial charge < -0.3 is 5.32 Å². The molecular formula is C17H15N3O2. The fourth-order valence-electron chi connectivity index (χ4n) is 1.95. The fourth-order valence-corrected chi connectivity index (χ4v) is 1.95. The summed E-state index contributed by atoms with van der Waals surface area (Å²) < 4.78 is 0. The summed E-state index contributed by atoms with van der Waals surface area (Å²) in [5, 5.41) is 11.1. The molecule has 0 aliphatic rings. The lowest BCUT2D eigenvalue weighted by atomic mass is 10.0. The molecular weight excluding hydrogens is 278 g/mol. The average Bonchev–Trinajstić information content (AvgIpc) is 2.55. The van der Waals surface area contributed by atoms with Crippen molar-refractivity contribution in [2.24, 2.45) is 0 Å². The molecule has 1 N–H and O–H groups in total. The minimum absolute atomic E-state index is 0.0750. The van der Waals surface area contributed by atoms with Gasteiger partial charge in [0.05, 0.1) is 18.1 Å². The van der Waals surface area contributed by atoms with E-state index in [1.165, 1.54) is 6.20 Å². The van der Waals surface area contributed by atoms with Crippen LogP contribution in [0.15, 0.2) is 42.6 Å². The van der Waals surface area contributed by atoms with Crippen LogP contribution in [0.3, 0.4) is 0 Å². The smallest absolute Gasteiger partial charge is 0.270 e. The molecule has 5 heteroatoms. The van der Waals surface area contributed by atoms with Crippen LogP contribution >= 0.6 is 0 Å². The summed E-state index contributed by atoms with van der Waals surface area (Å²) >= 11 is 0. The molecule has 0 spiro atoms. The normalized spacial score (nSPS) is 9.82. The summed E-state index contributed by atoms with van der Waals surface area (Å²) in [6.45, 7) is 2.16. The third-order valence-electron chi connectivity index (χ3n) is 3.10. The Labute approximate surface area is 128 Å². The summed E-state index contributed by atoms with van der Waals surface area (Å²) in [5.74, 6) is -0.704. The van der Waals surface area contributed by atoms with Crippen molar-refractivity contribution in [3.05, 3.63) is 65.0 Å². The lowest BCUT2D eigenvalue weighted by Crippen LogP contribution is -2.27. The topological polar surface area (TPSA) is 82.8 Å². The van der Waals surface area contributed by atoms with Gasteiger partial charge in [-0.2, -0.15) is 5.26 Å². The fraction of sp³-hybridized carbons (Fsp3) is 0.176. The van der Waals surface area contributed by atoms with Gasteiger partial charge in [0.15, 0.2) is 5.78 Å². The monoisotopic (exact) mass is 293 g/mol. The first kappa shape index (κ1) is 15.4. The van der Waals surface area contributed by atoms with Gasteiger partial charge in [0.2, 0.25) is 0 Å². The molecule has 0 atom stereocenters. The molecule has 22 heavy (non-hydrogen) atoms. The number of hydrogen-bond acceptors (Lipinski definition) is 4. The van der Waals surface area contributed by atoms with Crippen LogP contribution in [0, 0.1) is 18.3 Å². The highest BCUT2D eigenvalue weighted by molar-refractivity contribution is 6.14. The van der Waals surface area contributed by atoms with Crippen molar-refractivity contribution in [1.82, 2.24) is 10.3 Å². The summed E-state index contributed by atoms with van der Waals surface area (Å²) in [4.78, 5) is 28.6. The number of pyridine rings is 1. The molecule has 0 saturated carbocycles. The molecule has 0 aliphatic heterocycles. The van der Waals surface area contributed by atoms with Crippen LogP contribution in [0.5, 0.6) is 0 Å². The third kappa shape index (κ3) is 3.55. The number of carbonyl (C=O) groups excluding carboxylic acids is 2. The molecule has 0 bridgehead atoms. The average molecular weight is 293 g/mol. The van der Waals surface area contributed by atoms with E-state index in [1.54, 1.807) is 24.3 Å². The zero-order valence-corrected chi connectivity index (χ0v) is 12.2. The molecule has 1 aromatic carbocycles. The second-order valence-electron chi connectivity index (χ2n) is 4.76. The van der Waals surface area contributed by atoms with Crippen molar-refractivity contribution in [2.45, 2.75) is 13.3 Å². The number of aromatic nitrogens is 1. The molecule has 0 radical (unpaired) electrons. The first-order chi connectivity index (χ1) is 10.6. The van der Waals surface area contributed by atoms with Gasteiger partial charge >= 0.3 is 0 Å². The van der Waals surface area contributed by atoms with Crippen LogP contribution in [0.1, 0.15) is 38.4 Å².